The molecule has 11 heteroatoms. The molecule has 4 aliphatic rings. The van der Waals surface area contributed by atoms with Crippen LogP contribution >= 0.6 is 23.1 Å². The monoisotopic (exact) mass is 557 g/mol. The first-order valence-corrected chi connectivity index (χ1v) is 15.1. The van der Waals surface area contributed by atoms with Crippen LogP contribution in [0.15, 0.2) is 17.8 Å². The van der Waals surface area contributed by atoms with Crippen molar-refractivity contribution in [3.63, 3.8) is 0 Å². The van der Waals surface area contributed by atoms with E-state index in [1.54, 1.807) is 13.8 Å². The minimum atomic E-state index is -0.656. The van der Waals surface area contributed by atoms with Crippen LogP contribution < -0.4 is 11.1 Å². The average Bonchev–Trinajstić information content (AvgIpc) is 3.37. The van der Waals surface area contributed by atoms with Gasteiger partial charge in [-0.3, -0.25) is 9.59 Å². The summed E-state index contributed by atoms with van der Waals surface area (Å²) in [5, 5.41) is 12.7. The lowest BCUT2D eigenvalue weighted by atomic mass is 9.49. The fourth-order valence-corrected chi connectivity index (χ4v) is 9.12. The number of nitrogens with one attached hydrogen (secondary N) is 1. The van der Waals surface area contributed by atoms with Gasteiger partial charge in [0.2, 0.25) is 5.91 Å². The molecular formula is C27H35N5O4S2. The van der Waals surface area contributed by atoms with Crippen LogP contribution in [0.25, 0.3) is 0 Å². The molecule has 0 aromatic carbocycles. The molecule has 38 heavy (non-hydrogen) atoms. The molecule has 4 fully saturated rings. The second kappa shape index (κ2) is 10.8. The molecule has 4 bridgehead atoms. The number of hydrogen-bond acceptors (Lipinski definition) is 8. The lowest BCUT2D eigenvalue weighted by Crippen LogP contribution is -2.47. The minimum absolute atomic E-state index is 0.0672. The number of ether oxygens (including phenoxy) is 1. The third-order valence-corrected chi connectivity index (χ3v) is 10.4. The van der Waals surface area contributed by atoms with E-state index in [1.807, 2.05) is 6.08 Å². The van der Waals surface area contributed by atoms with Crippen LogP contribution in [0.1, 0.15) is 76.9 Å². The molecule has 6 rings (SSSR count). The highest BCUT2D eigenvalue weighted by molar-refractivity contribution is 7.99. The van der Waals surface area contributed by atoms with Crippen molar-refractivity contribution in [2.24, 2.45) is 28.9 Å². The van der Waals surface area contributed by atoms with E-state index in [2.05, 4.69) is 26.7 Å². The summed E-state index contributed by atoms with van der Waals surface area (Å²) in [5.41, 5.74) is 6.37. The van der Waals surface area contributed by atoms with Crippen LogP contribution in [-0.2, 0) is 22.5 Å². The summed E-state index contributed by atoms with van der Waals surface area (Å²) in [5.74, 6) is 2.05. The molecule has 4 aliphatic carbocycles. The zero-order valence-corrected chi connectivity index (χ0v) is 23.6. The molecular weight excluding hydrogens is 522 g/mol. The quantitative estimate of drug-likeness (QED) is 0.235. The molecule has 0 unspecified atom stereocenters. The van der Waals surface area contributed by atoms with Crippen molar-refractivity contribution < 1.29 is 19.1 Å². The number of nitrogens with zero attached hydrogens (tertiary/aromatic N) is 3. The van der Waals surface area contributed by atoms with E-state index in [9.17, 15) is 14.4 Å². The summed E-state index contributed by atoms with van der Waals surface area (Å²) in [7, 11) is 0. The van der Waals surface area contributed by atoms with Crippen molar-refractivity contribution in [3.8, 4) is 0 Å². The Bertz CT molecular complexity index is 1230. The Morgan fingerprint density at radius 2 is 1.87 bits per heavy atom. The second-order valence-electron chi connectivity index (χ2n) is 11.1. The summed E-state index contributed by atoms with van der Waals surface area (Å²) in [6.07, 6.45) is 10.8. The van der Waals surface area contributed by atoms with Crippen molar-refractivity contribution in [1.82, 2.24) is 14.8 Å². The summed E-state index contributed by atoms with van der Waals surface area (Å²) in [6.45, 7) is 7.99. The van der Waals surface area contributed by atoms with Gasteiger partial charge in [0.05, 0.1) is 22.8 Å². The van der Waals surface area contributed by atoms with E-state index >= 15 is 0 Å². The van der Waals surface area contributed by atoms with E-state index in [1.165, 1.54) is 50.3 Å². The summed E-state index contributed by atoms with van der Waals surface area (Å²) >= 11 is 2.28. The molecule has 2 aromatic heterocycles. The van der Waals surface area contributed by atoms with Gasteiger partial charge in [0, 0.05) is 13.0 Å². The Hall–Kier alpha value is -2.66. The van der Waals surface area contributed by atoms with Crippen LogP contribution in [0.3, 0.4) is 0 Å². The highest BCUT2D eigenvalue weighted by Gasteiger charge is 2.51. The van der Waals surface area contributed by atoms with Crippen molar-refractivity contribution in [2.75, 3.05) is 17.7 Å². The van der Waals surface area contributed by atoms with Gasteiger partial charge in [-0.05, 0) is 81.1 Å². The first-order chi connectivity index (χ1) is 18.2. The fourth-order valence-electron chi connectivity index (χ4n) is 7.29. The highest BCUT2D eigenvalue weighted by atomic mass is 32.2. The first kappa shape index (κ1) is 26.9. The zero-order chi connectivity index (χ0) is 27.0. The van der Waals surface area contributed by atoms with Crippen LogP contribution in [0.4, 0.5) is 5.00 Å². The molecule has 0 spiro atoms. The first-order valence-electron chi connectivity index (χ1n) is 13.3. The zero-order valence-electron chi connectivity index (χ0n) is 22.0. The Kier molecular flexibility index (Phi) is 7.68. The number of nitrogens with two attached hydrogens (primary N) is 1. The Labute approximate surface area is 231 Å². The molecule has 0 atom stereocenters. The molecule has 9 nitrogen and oxygen atoms in total. The maximum atomic E-state index is 12.9. The van der Waals surface area contributed by atoms with Crippen molar-refractivity contribution >= 4 is 45.9 Å². The predicted molar refractivity (Wildman–Crippen MR) is 147 cm³/mol. The van der Waals surface area contributed by atoms with Gasteiger partial charge in [-0.25, -0.2) is 4.79 Å². The molecule has 4 saturated carbocycles. The van der Waals surface area contributed by atoms with Gasteiger partial charge in [0.25, 0.3) is 5.91 Å². The summed E-state index contributed by atoms with van der Waals surface area (Å²) < 4.78 is 7.20. The van der Waals surface area contributed by atoms with Gasteiger partial charge >= 0.3 is 5.97 Å². The molecule has 2 heterocycles. The van der Waals surface area contributed by atoms with E-state index < -0.39 is 11.9 Å². The van der Waals surface area contributed by atoms with Crippen molar-refractivity contribution in [1.29, 1.82) is 0 Å². The van der Waals surface area contributed by atoms with E-state index in [0.717, 1.165) is 41.3 Å². The third kappa shape index (κ3) is 5.27. The normalized spacial score (nSPS) is 25.4. The molecule has 2 amide bonds. The number of primary amides is 1. The molecule has 0 radical (unpaired) electrons. The molecule has 204 valence electrons. The minimum Gasteiger partial charge on any atom is -0.462 e. The Morgan fingerprint density at radius 3 is 2.45 bits per heavy atom. The summed E-state index contributed by atoms with van der Waals surface area (Å²) in [6, 6.07) is 0. The number of allylic oxidation sites excluding steroid dienone is 1. The number of aromatic nitrogens is 3. The number of anilines is 1. The van der Waals surface area contributed by atoms with Gasteiger partial charge in [-0.2, -0.15) is 0 Å². The van der Waals surface area contributed by atoms with Crippen LogP contribution in [0.5, 0.6) is 0 Å². The van der Waals surface area contributed by atoms with E-state index in [0.29, 0.717) is 22.7 Å². The SMILES string of the molecule is C=CCn1c(CC23CC4CC(CC(C4)C2)C3)nnc1SCC(=O)Nc1sc(C(N)=O)c(C)c1C(=O)OCC. The van der Waals surface area contributed by atoms with Gasteiger partial charge < -0.3 is 20.4 Å². The van der Waals surface area contributed by atoms with Gasteiger partial charge in [-0.15, -0.1) is 28.1 Å². The number of thiophene rings is 1. The Morgan fingerprint density at radius 1 is 1.21 bits per heavy atom. The van der Waals surface area contributed by atoms with Gasteiger partial charge in [0.15, 0.2) is 5.16 Å². The van der Waals surface area contributed by atoms with Crippen LogP contribution in [0, 0.1) is 30.1 Å². The average molecular weight is 558 g/mol. The largest absolute Gasteiger partial charge is 0.462 e. The standard InChI is InChI=1S/C27H35N5O4S2/c1-4-6-32-19(13-27-10-16-7-17(11-27)9-18(8-16)12-27)30-31-26(32)37-14-20(33)29-24-21(25(35)36-5-2)15(3)22(38-24)23(28)34/h4,16-18H,1,5-14H2,2-3H3,(H2,28,34)(H,29,33). The Balaban J connectivity index is 1.28. The number of rotatable bonds is 11. The summed E-state index contributed by atoms with van der Waals surface area (Å²) in [4.78, 5) is 37.5. The van der Waals surface area contributed by atoms with E-state index in [-0.39, 0.29) is 33.7 Å². The van der Waals surface area contributed by atoms with Crippen LogP contribution in [-0.4, -0.2) is 44.9 Å². The van der Waals surface area contributed by atoms with Gasteiger partial charge in [0.1, 0.15) is 10.8 Å². The fraction of sp³-hybridized carbons (Fsp3) is 0.593. The number of thioether (sulfide) groups is 1. The van der Waals surface area contributed by atoms with Gasteiger partial charge in [-0.1, -0.05) is 17.8 Å². The number of carbonyl (C=O) groups is 3. The molecule has 0 aliphatic heterocycles. The number of esters is 1. The molecule has 2 aromatic rings. The smallest absolute Gasteiger partial charge is 0.341 e. The van der Waals surface area contributed by atoms with Crippen molar-refractivity contribution in [2.45, 2.75) is 70.5 Å². The third-order valence-electron chi connectivity index (χ3n) is 8.24. The lowest BCUT2D eigenvalue weighted by Gasteiger charge is -2.56. The highest BCUT2D eigenvalue weighted by Crippen LogP contribution is 2.61. The second-order valence-corrected chi connectivity index (χ2v) is 13.0. The number of carbonyl (C=O) groups excluding carboxylic acids is 3. The van der Waals surface area contributed by atoms with E-state index in [4.69, 9.17) is 10.5 Å². The number of hydrogen-bond donors (Lipinski definition) is 2. The predicted octanol–water partition coefficient (Wildman–Crippen LogP) is 4.60. The van der Waals surface area contributed by atoms with Crippen molar-refractivity contribution in [3.05, 3.63) is 34.5 Å². The maximum Gasteiger partial charge on any atom is 0.341 e. The van der Waals surface area contributed by atoms with Crippen LogP contribution in [0.2, 0.25) is 0 Å². The molecule has 3 N–H and O–H groups in total. The lowest BCUT2D eigenvalue weighted by molar-refractivity contribution is -0.113. The molecule has 0 saturated heterocycles. The number of amides is 2. The maximum absolute atomic E-state index is 12.9. The topological polar surface area (TPSA) is 129 Å².